The first kappa shape index (κ1) is 13.8. The number of benzene rings is 1. The van der Waals surface area contributed by atoms with Crippen LogP contribution in [-0.4, -0.2) is 33.9 Å². The van der Waals surface area contributed by atoms with Crippen molar-refractivity contribution in [2.45, 2.75) is 13.8 Å². The number of rotatable bonds is 4. The summed E-state index contributed by atoms with van der Waals surface area (Å²) in [5, 5.41) is 0. The van der Waals surface area contributed by atoms with Crippen LogP contribution in [0.1, 0.15) is 11.1 Å². The van der Waals surface area contributed by atoms with Gasteiger partial charge in [-0.2, -0.15) is 12.7 Å². The maximum atomic E-state index is 11.7. The maximum absolute atomic E-state index is 11.7. The Balaban J connectivity index is 3.13. The molecule has 0 radical (unpaired) electrons. The standard InChI is InChI=1S/C11H18N2O3S/c1-8-7-11(16-5)9(2)6-10(8)12-17(14,15)13(3)4/h6-7,12H,1-5H3. The Bertz CT molecular complexity index is 510. The van der Waals surface area contributed by atoms with Gasteiger partial charge in [-0.1, -0.05) is 0 Å². The lowest BCUT2D eigenvalue weighted by Crippen LogP contribution is -2.29. The largest absolute Gasteiger partial charge is 0.496 e. The van der Waals surface area contributed by atoms with Crippen molar-refractivity contribution < 1.29 is 13.2 Å². The number of nitrogens with one attached hydrogen (secondary N) is 1. The molecule has 0 aliphatic heterocycles. The zero-order chi connectivity index (χ0) is 13.2. The zero-order valence-corrected chi connectivity index (χ0v) is 11.6. The Morgan fingerprint density at radius 1 is 1.18 bits per heavy atom. The van der Waals surface area contributed by atoms with Crippen LogP contribution >= 0.6 is 0 Å². The quantitative estimate of drug-likeness (QED) is 0.891. The van der Waals surface area contributed by atoms with E-state index in [0.717, 1.165) is 21.2 Å². The molecule has 96 valence electrons. The summed E-state index contributed by atoms with van der Waals surface area (Å²) < 4.78 is 32.2. The molecule has 1 N–H and O–H groups in total. The summed E-state index contributed by atoms with van der Waals surface area (Å²) in [6, 6.07) is 3.57. The van der Waals surface area contributed by atoms with Crippen LogP contribution in [0.5, 0.6) is 5.75 Å². The molecule has 17 heavy (non-hydrogen) atoms. The van der Waals surface area contributed by atoms with E-state index in [1.807, 2.05) is 19.9 Å². The SMILES string of the molecule is COc1cc(C)c(NS(=O)(=O)N(C)C)cc1C. The molecular weight excluding hydrogens is 240 g/mol. The molecule has 0 aliphatic rings. The summed E-state index contributed by atoms with van der Waals surface area (Å²) in [4.78, 5) is 0. The van der Waals surface area contributed by atoms with E-state index in [-0.39, 0.29) is 0 Å². The molecule has 0 aliphatic carbocycles. The fourth-order valence-electron chi connectivity index (χ4n) is 1.35. The van der Waals surface area contributed by atoms with E-state index in [0.29, 0.717) is 5.69 Å². The summed E-state index contributed by atoms with van der Waals surface area (Å²) in [5.41, 5.74) is 2.27. The predicted octanol–water partition coefficient (Wildman–Crippen LogP) is 1.53. The molecule has 1 aromatic rings. The third-order valence-electron chi connectivity index (χ3n) is 2.46. The van der Waals surface area contributed by atoms with Gasteiger partial charge >= 0.3 is 10.2 Å². The average molecular weight is 258 g/mol. The van der Waals surface area contributed by atoms with Crippen LogP contribution in [-0.2, 0) is 10.2 Å². The Labute approximate surface area is 103 Å². The molecule has 5 nitrogen and oxygen atoms in total. The molecule has 0 fully saturated rings. The Morgan fingerprint density at radius 3 is 2.24 bits per heavy atom. The monoisotopic (exact) mass is 258 g/mol. The van der Waals surface area contributed by atoms with Gasteiger partial charge < -0.3 is 4.74 Å². The minimum atomic E-state index is -3.47. The zero-order valence-electron chi connectivity index (χ0n) is 10.7. The number of anilines is 1. The number of hydrogen-bond acceptors (Lipinski definition) is 3. The second-order valence-corrected chi connectivity index (χ2v) is 5.91. The van der Waals surface area contributed by atoms with Gasteiger partial charge in [-0.05, 0) is 37.1 Å². The van der Waals surface area contributed by atoms with Crippen LogP contribution < -0.4 is 9.46 Å². The molecule has 0 saturated carbocycles. The summed E-state index contributed by atoms with van der Waals surface area (Å²) >= 11 is 0. The molecule has 0 atom stereocenters. The summed E-state index contributed by atoms with van der Waals surface area (Å²) in [6.45, 7) is 3.70. The second kappa shape index (κ2) is 4.93. The van der Waals surface area contributed by atoms with Crippen LogP contribution in [0, 0.1) is 13.8 Å². The van der Waals surface area contributed by atoms with Gasteiger partial charge in [-0.15, -0.1) is 0 Å². The summed E-state index contributed by atoms with van der Waals surface area (Å²) in [5.74, 6) is 0.746. The van der Waals surface area contributed by atoms with Crippen LogP contribution in [0.25, 0.3) is 0 Å². The Kier molecular flexibility index (Phi) is 4.00. The lowest BCUT2D eigenvalue weighted by molar-refractivity contribution is 0.411. The highest BCUT2D eigenvalue weighted by Gasteiger charge is 2.15. The van der Waals surface area contributed by atoms with Crippen LogP contribution in [0.3, 0.4) is 0 Å². The highest BCUT2D eigenvalue weighted by atomic mass is 32.2. The van der Waals surface area contributed by atoms with E-state index >= 15 is 0 Å². The summed E-state index contributed by atoms with van der Waals surface area (Å²) in [7, 11) is 1.08. The number of nitrogens with zero attached hydrogens (tertiary/aromatic N) is 1. The molecule has 1 rings (SSSR count). The first-order valence-corrected chi connectivity index (χ1v) is 6.57. The van der Waals surface area contributed by atoms with Crippen molar-refractivity contribution in [3.8, 4) is 5.75 Å². The van der Waals surface area contributed by atoms with Gasteiger partial charge in [0.25, 0.3) is 0 Å². The summed E-state index contributed by atoms with van der Waals surface area (Å²) in [6.07, 6.45) is 0. The van der Waals surface area contributed by atoms with Crippen molar-refractivity contribution in [2.75, 3.05) is 25.9 Å². The molecule has 6 heteroatoms. The van der Waals surface area contributed by atoms with E-state index in [2.05, 4.69) is 4.72 Å². The smallest absolute Gasteiger partial charge is 0.301 e. The van der Waals surface area contributed by atoms with Gasteiger partial charge in [0.15, 0.2) is 0 Å². The Hall–Kier alpha value is -1.27. The topological polar surface area (TPSA) is 58.6 Å². The van der Waals surface area contributed by atoms with Crippen LogP contribution in [0.15, 0.2) is 12.1 Å². The van der Waals surface area contributed by atoms with E-state index in [1.165, 1.54) is 14.1 Å². The number of aryl methyl sites for hydroxylation is 2. The van der Waals surface area contributed by atoms with Gasteiger partial charge in [0.1, 0.15) is 5.75 Å². The number of methoxy groups -OCH3 is 1. The van der Waals surface area contributed by atoms with Gasteiger partial charge in [0.05, 0.1) is 12.8 Å². The van der Waals surface area contributed by atoms with E-state index < -0.39 is 10.2 Å². The average Bonchev–Trinajstić information content (AvgIpc) is 2.22. The second-order valence-electron chi connectivity index (χ2n) is 4.03. The number of ether oxygens (including phenoxy) is 1. The van der Waals surface area contributed by atoms with E-state index in [4.69, 9.17) is 4.74 Å². The van der Waals surface area contributed by atoms with Gasteiger partial charge in [-0.3, -0.25) is 4.72 Å². The molecule has 0 heterocycles. The van der Waals surface area contributed by atoms with E-state index in [9.17, 15) is 8.42 Å². The van der Waals surface area contributed by atoms with Crippen molar-refractivity contribution in [1.82, 2.24) is 4.31 Å². The fourth-order valence-corrected chi connectivity index (χ4v) is 2.03. The third-order valence-corrected chi connectivity index (χ3v) is 3.90. The predicted molar refractivity (Wildman–Crippen MR) is 68.7 cm³/mol. The van der Waals surface area contributed by atoms with Crippen LogP contribution in [0.2, 0.25) is 0 Å². The number of hydrogen-bond donors (Lipinski definition) is 1. The van der Waals surface area contributed by atoms with Gasteiger partial charge in [-0.25, -0.2) is 0 Å². The van der Waals surface area contributed by atoms with Crippen molar-refractivity contribution in [2.24, 2.45) is 0 Å². The van der Waals surface area contributed by atoms with Gasteiger partial charge in [0, 0.05) is 14.1 Å². The Morgan fingerprint density at radius 2 is 1.76 bits per heavy atom. The van der Waals surface area contributed by atoms with E-state index in [1.54, 1.807) is 13.2 Å². The van der Waals surface area contributed by atoms with Crippen molar-refractivity contribution in [3.05, 3.63) is 23.3 Å². The van der Waals surface area contributed by atoms with Crippen molar-refractivity contribution in [1.29, 1.82) is 0 Å². The molecule has 0 amide bonds. The normalized spacial score (nSPS) is 11.6. The van der Waals surface area contributed by atoms with Crippen LogP contribution in [0.4, 0.5) is 5.69 Å². The van der Waals surface area contributed by atoms with Crippen molar-refractivity contribution >= 4 is 15.9 Å². The molecule has 0 bridgehead atoms. The maximum Gasteiger partial charge on any atom is 0.301 e. The first-order chi connectivity index (χ1) is 7.77. The van der Waals surface area contributed by atoms with Crippen molar-refractivity contribution in [3.63, 3.8) is 0 Å². The molecule has 0 unspecified atom stereocenters. The molecule has 1 aromatic carbocycles. The fraction of sp³-hybridized carbons (Fsp3) is 0.455. The molecule has 0 aromatic heterocycles. The minimum absolute atomic E-state index is 0.567. The highest BCUT2D eigenvalue weighted by molar-refractivity contribution is 7.90. The molecule has 0 spiro atoms. The molecular formula is C11H18N2O3S. The van der Waals surface area contributed by atoms with Gasteiger partial charge in [0.2, 0.25) is 0 Å². The lowest BCUT2D eigenvalue weighted by Gasteiger charge is -2.16. The first-order valence-electron chi connectivity index (χ1n) is 5.13. The third kappa shape index (κ3) is 3.10. The minimum Gasteiger partial charge on any atom is -0.496 e. The lowest BCUT2D eigenvalue weighted by atomic mass is 10.1. The highest BCUT2D eigenvalue weighted by Crippen LogP contribution is 2.26. The molecule has 0 saturated heterocycles.